The van der Waals surface area contributed by atoms with Crippen molar-refractivity contribution in [1.29, 1.82) is 0 Å². The SMILES string of the molecule is CCCc1ccc(-c2nc(NC(=O)[C@@H](C)N)sc2C)cc1. The van der Waals surface area contributed by atoms with E-state index in [0.717, 1.165) is 29.0 Å². The lowest BCUT2D eigenvalue weighted by Crippen LogP contribution is -2.32. The molecule has 5 heteroatoms. The van der Waals surface area contributed by atoms with Gasteiger partial charge in [0.2, 0.25) is 5.91 Å². The first kappa shape index (κ1) is 15.7. The molecule has 0 bridgehead atoms. The van der Waals surface area contributed by atoms with Crippen LogP contribution in [0, 0.1) is 6.92 Å². The number of thiazole rings is 1. The second-order valence-corrected chi connectivity index (χ2v) is 6.35. The van der Waals surface area contributed by atoms with Gasteiger partial charge in [-0.1, -0.05) is 37.6 Å². The summed E-state index contributed by atoms with van der Waals surface area (Å²) in [7, 11) is 0. The molecule has 1 aromatic carbocycles. The highest BCUT2D eigenvalue weighted by molar-refractivity contribution is 7.16. The largest absolute Gasteiger partial charge is 0.320 e. The number of hydrogen-bond acceptors (Lipinski definition) is 4. The zero-order valence-corrected chi connectivity index (χ0v) is 13.5. The molecule has 0 radical (unpaired) electrons. The fourth-order valence-corrected chi connectivity index (χ4v) is 2.89. The third-order valence-corrected chi connectivity index (χ3v) is 4.09. The van der Waals surface area contributed by atoms with Crippen LogP contribution in [0.3, 0.4) is 0 Å². The summed E-state index contributed by atoms with van der Waals surface area (Å²) < 4.78 is 0. The molecule has 21 heavy (non-hydrogen) atoms. The van der Waals surface area contributed by atoms with Crippen LogP contribution in [-0.4, -0.2) is 16.9 Å². The van der Waals surface area contributed by atoms with Crippen molar-refractivity contribution in [3.05, 3.63) is 34.7 Å². The van der Waals surface area contributed by atoms with Crippen molar-refractivity contribution < 1.29 is 4.79 Å². The number of carbonyl (C=O) groups excluding carboxylic acids is 1. The van der Waals surface area contributed by atoms with Crippen molar-refractivity contribution in [1.82, 2.24) is 4.98 Å². The Morgan fingerprint density at radius 3 is 2.62 bits per heavy atom. The topological polar surface area (TPSA) is 68.0 Å². The van der Waals surface area contributed by atoms with Gasteiger partial charge in [0.1, 0.15) is 0 Å². The lowest BCUT2D eigenvalue weighted by molar-refractivity contribution is -0.117. The molecular weight excluding hydrogens is 282 g/mol. The quantitative estimate of drug-likeness (QED) is 0.890. The van der Waals surface area contributed by atoms with E-state index in [0.29, 0.717) is 5.13 Å². The number of rotatable bonds is 5. The van der Waals surface area contributed by atoms with Crippen LogP contribution in [0.1, 0.15) is 30.7 Å². The molecule has 112 valence electrons. The van der Waals surface area contributed by atoms with Gasteiger partial charge in [0, 0.05) is 10.4 Å². The first-order chi connectivity index (χ1) is 10.0. The van der Waals surface area contributed by atoms with Crippen molar-refractivity contribution >= 4 is 22.4 Å². The lowest BCUT2D eigenvalue weighted by atomic mass is 10.1. The molecule has 2 aromatic rings. The summed E-state index contributed by atoms with van der Waals surface area (Å²) in [4.78, 5) is 17.2. The van der Waals surface area contributed by atoms with Crippen LogP contribution < -0.4 is 11.1 Å². The van der Waals surface area contributed by atoms with Crippen molar-refractivity contribution in [3.8, 4) is 11.3 Å². The molecule has 0 fully saturated rings. The Morgan fingerprint density at radius 1 is 1.38 bits per heavy atom. The van der Waals surface area contributed by atoms with E-state index in [2.05, 4.69) is 41.5 Å². The number of nitrogens with two attached hydrogens (primary N) is 1. The minimum Gasteiger partial charge on any atom is -0.320 e. The average molecular weight is 303 g/mol. The molecule has 0 unspecified atom stereocenters. The van der Waals surface area contributed by atoms with Gasteiger partial charge in [-0.15, -0.1) is 11.3 Å². The molecular formula is C16H21N3OS. The van der Waals surface area contributed by atoms with Gasteiger partial charge in [0.15, 0.2) is 5.13 Å². The van der Waals surface area contributed by atoms with Gasteiger partial charge in [-0.25, -0.2) is 4.98 Å². The molecule has 0 saturated heterocycles. The maximum Gasteiger partial charge on any atom is 0.242 e. The van der Waals surface area contributed by atoms with Crippen LogP contribution in [0.5, 0.6) is 0 Å². The zero-order valence-electron chi connectivity index (χ0n) is 12.6. The lowest BCUT2D eigenvalue weighted by Gasteiger charge is -2.04. The highest BCUT2D eigenvalue weighted by Gasteiger charge is 2.13. The maximum atomic E-state index is 11.6. The maximum absolute atomic E-state index is 11.6. The third-order valence-electron chi connectivity index (χ3n) is 3.21. The molecule has 0 aliphatic rings. The highest BCUT2D eigenvalue weighted by Crippen LogP contribution is 2.30. The summed E-state index contributed by atoms with van der Waals surface area (Å²) in [6.45, 7) is 5.84. The van der Waals surface area contributed by atoms with E-state index < -0.39 is 6.04 Å². The van der Waals surface area contributed by atoms with Crippen LogP contribution >= 0.6 is 11.3 Å². The number of nitrogens with one attached hydrogen (secondary N) is 1. The van der Waals surface area contributed by atoms with E-state index in [1.54, 1.807) is 6.92 Å². The number of nitrogens with zero attached hydrogens (tertiary/aromatic N) is 1. The second kappa shape index (κ2) is 6.83. The van der Waals surface area contributed by atoms with E-state index in [9.17, 15) is 4.79 Å². The molecule has 0 aliphatic carbocycles. The van der Waals surface area contributed by atoms with Crippen LogP contribution in [0.2, 0.25) is 0 Å². The number of hydrogen-bond donors (Lipinski definition) is 2. The Kier molecular flexibility index (Phi) is 5.09. The number of anilines is 1. The van der Waals surface area contributed by atoms with Gasteiger partial charge in [0.25, 0.3) is 0 Å². The zero-order chi connectivity index (χ0) is 15.4. The number of aryl methyl sites for hydroxylation is 2. The standard InChI is InChI=1S/C16H21N3OS/c1-4-5-12-6-8-13(9-7-12)14-11(3)21-16(18-14)19-15(20)10(2)17/h6-10H,4-5,17H2,1-3H3,(H,18,19,20)/t10-/m1/s1. The Balaban J connectivity index is 2.20. The molecule has 0 spiro atoms. The first-order valence-electron chi connectivity index (χ1n) is 7.14. The van der Waals surface area contributed by atoms with E-state index in [1.165, 1.54) is 16.9 Å². The molecule has 1 aromatic heterocycles. The van der Waals surface area contributed by atoms with Gasteiger partial charge in [-0.05, 0) is 25.8 Å². The van der Waals surface area contributed by atoms with Gasteiger partial charge in [-0.3, -0.25) is 4.79 Å². The molecule has 1 atom stereocenters. The molecule has 0 aliphatic heterocycles. The van der Waals surface area contributed by atoms with Crippen molar-refractivity contribution in [2.75, 3.05) is 5.32 Å². The molecule has 3 N–H and O–H groups in total. The van der Waals surface area contributed by atoms with Gasteiger partial charge in [0.05, 0.1) is 11.7 Å². The summed E-state index contributed by atoms with van der Waals surface area (Å²) in [5, 5.41) is 3.35. The normalized spacial score (nSPS) is 12.2. The van der Waals surface area contributed by atoms with Crippen LogP contribution in [0.4, 0.5) is 5.13 Å². The summed E-state index contributed by atoms with van der Waals surface area (Å²) in [5.74, 6) is -0.214. The fourth-order valence-electron chi connectivity index (χ4n) is 2.05. The van der Waals surface area contributed by atoms with Crippen molar-refractivity contribution in [2.24, 2.45) is 5.73 Å². The van der Waals surface area contributed by atoms with Gasteiger partial charge >= 0.3 is 0 Å². The molecule has 4 nitrogen and oxygen atoms in total. The minimum absolute atomic E-state index is 0.214. The Bertz CT molecular complexity index is 617. The number of carbonyl (C=O) groups is 1. The Labute approximate surface area is 129 Å². The predicted octanol–water partition coefficient (Wildman–Crippen LogP) is 3.36. The third kappa shape index (κ3) is 3.89. The summed E-state index contributed by atoms with van der Waals surface area (Å²) in [5.41, 5.74) is 8.88. The Morgan fingerprint density at radius 2 is 2.05 bits per heavy atom. The molecule has 0 saturated carbocycles. The Hall–Kier alpha value is -1.72. The van der Waals surface area contributed by atoms with E-state index in [1.807, 2.05) is 6.92 Å². The van der Waals surface area contributed by atoms with E-state index in [-0.39, 0.29) is 5.91 Å². The van der Waals surface area contributed by atoms with Crippen molar-refractivity contribution in [2.45, 2.75) is 39.7 Å². The summed E-state index contributed by atoms with van der Waals surface area (Å²) in [6, 6.07) is 7.91. The molecule has 1 amide bonds. The second-order valence-electron chi connectivity index (χ2n) is 5.15. The number of aromatic nitrogens is 1. The van der Waals surface area contributed by atoms with E-state index in [4.69, 9.17) is 5.73 Å². The smallest absolute Gasteiger partial charge is 0.242 e. The average Bonchev–Trinajstić information content (AvgIpc) is 2.80. The van der Waals surface area contributed by atoms with Crippen LogP contribution in [-0.2, 0) is 11.2 Å². The fraction of sp³-hybridized carbons (Fsp3) is 0.375. The minimum atomic E-state index is -0.536. The van der Waals surface area contributed by atoms with Crippen LogP contribution in [0.25, 0.3) is 11.3 Å². The number of benzene rings is 1. The van der Waals surface area contributed by atoms with Gasteiger partial charge in [-0.2, -0.15) is 0 Å². The van der Waals surface area contributed by atoms with E-state index >= 15 is 0 Å². The summed E-state index contributed by atoms with van der Waals surface area (Å²) in [6.07, 6.45) is 2.23. The van der Waals surface area contributed by atoms with Gasteiger partial charge < -0.3 is 11.1 Å². The van der Waals surface area contributed by atoms with Crippen LogP contribution in [0.15, 0.2) is 24.3 Å². The molecule has 2 rings (SSSR count). The number of amides is 1. The van der Waals surface area contributed by atoms with Crippen molar-refractivity contribution in [3.63, 3.8) is 0 Å². The highest BCUT2D eigenvalue weighted by atomic mass is 32.1. The molecule has 1 heterocycles. The monoisotopic (exact) mass is 303 g/mol. The summed E-state index contributed by atoms with van der Waals surface area (Å²) >= 11 is 1.47. The first-order valence-corrected chi connectivity index (χ1v) is 7.96. The predicted molar refractivity (Wildman–Crippen MR) is 88.6 cm³/mol.